The van der Waals surface area contributed by atoms with Crippen molar-refractivity contribution in [3.05, 3.63) is 101 Å². The molecule has 8 bridgehead atoms. The fraction of sp³-hybridized carbons (Fsp3) is 0. The van der Waals surface area contributed by atoms with Crippen molar-refractivity contribution >= 4 is 113 Å². The van der Waals surface area contributed by atoms with Crippen molar-refractivity contribution in [1.29, 1.82) is 0 Å². The lowest BCUT2D eigenvalue weighted by molar-refractivity contribution is 0.449. The van der Waals surface area contributed by atoms with E-state index in [9.17, 15) is 51.9 Å². The second-order valence-electron chi connectivity index (χ2n) is 12.8. The highest BCUT2D eigenvalue weighted by Gasteiger charge is 2.43. The third-order valence-electron chi connectivity index (χ3n) is 9.35. The van der Waals surface area contributed by atoms with E-state index in [2.05, 4.69) is 36.5 Å². The predicted molar refractivity (Wildman–Crippen MR) is 206 cm³/mol. The molecule has 24 heteroatoms. The first-order chi connectivity index (χ1) is 27.3. The number of hydrogen-bond acceptors (Lipinski definition) is 12. The molecule has 0 fully saturated rings. The lowest BCUT2D eigenvalue weighted by Gasteiger charge is -2.14. The average molecular weight is 863 g/mol. The zero-order valence-electron chi connectivity index (χ0n) is 28.6. The molecule has 20 nitrogen and oxygen atoms in total. The molecule has 0 atom stereocenters. The molecule has 4 aromatic heterocycles. The van der Waals surface area contributed by atoms with Crippen LogP contribution < -0.4 is 22.0 Å². The molecule has 294 valence electrons. The van der Waals surface area contributed by atoms with Crippen molar-refractivity contribution < 1.29 is 51.9 Å². The largest absolute Gasteiger partial charge is 0.324 e. The van der Waals surface area contributed by atoms with Gasteiger partial charge < -0.3 is 19.9 Å². The van der Waals surface area contributed by atoms with Crippen LogP contribution in [0.5, 0.6) is 0 Å². The minimum Gasteiger partial charge on any atom is -0.324 e. The summed E-state index contributed by atoms with van der Waals surface area (Å²) >= 11 is 0. The molecule has 4 aromatic carbocycles. The Morgan fingerprint density at radius 3 is 1.22 bits per heavy atom. The second-order valence-corrected chi connectivity index (χ2v) is 18.2. The Labute approximate surface area is 323 Å². The van der Waals surface area contributed by atoms with Gasteiger partial charge in [0.05, 0.1) is 10.8 Å². The van der Waals surface area contributed by atoms with Gasteiger partial charge in [0.2, 0.25) is 0 Å². The van der Waals surface area contributed by atoms with Crippen molar-refractivity contribution in [2.45, 2.75) is 19.6 Å². The molecule has 0 spiro atoms. The van der Waals surface area contributed by atoms with Gasteiger partial charge in [-0.3, -0.25) is 18.2 Å². The van der Waals surface area contributed by atoms with E-state index >= 15 is 0 Å². The summed E-state index contributed by atoms with van der Waals surface area (Å²) in [4.78, 5) is 22.0. The quantitative estimate of drug-likeness (QED) is 0.116. The Morgan fingerprint density at radius 2 is 0.776 bits per heavy atom. The predicted octanol–water partition coefficient (Wildman–Crippen LogP) is 3.36. The van der Waals surface area contributed by atoms with Crippen LogP contribution in [0.4, 0.5) is 23.3 Å². The van der Waals surface area contributed by atoms with Crippen LogP contribution >= 0.6 is 0 Å². The van der Waals surface area contributed by atoms with Gasteiger partial charge in [-0.15, -0.1) is 0 Å². The molecule has 58 heavy (non-hydrogen) atoms. The number of aromatic amines is 4. The fourth-order valence-electron chi connectivity index (χ4n) is 7.18. The van der Waals surface area contributed by atoms with Crippen molar-refractivity contribution in [3.8, 4) is 0 Å². The number of H-pyrrole nitrogens is 4. The molecule has 5 heterocycles. The van der Waals surface area contributed by atoms with Gasteiger partial charge in [-0.1, -0.05) is 79.4 Å². The van der Waals surface area contributed by atoms with Gasteiger partial charge in [-0.2, -0.15) is 33.7 Å². The second kappa shape index (κ2) is 12.3. The van der Waals surface area contributed by atoms with Crippen molar-refractivity contribution in [1.82, 2.24) is 19.9 Å². The van der Waals surface area contributed by atoms with Crippen LogP contribution in [0.25, 0.3) is 49.2 Å². The van der Waals surface area contributed by atoms with Crippen LogP contribution in [0.2, 0.25) is 0 Å². The van der Waals surface area contributed by atoms with E-state index in [1.807, 2.05) is 0 Å². The minimum absolute atomic E-state index is 0.138. The number of benzene rings is 4. The number of nitrogens with zero attached hydrogens (tertiary/aromatic N) is 4. The standard InChI is InChI=1S/C34H22N8O12S4/c1-2-14-8-7-13-19-20(14)32-40-31(19)38-29-16-10-4-3-9-15(16)27(36-29)35-28-17-11-5-6-12-18(17)30(37-28)39-33-21-22(34(41-32)42-33)24(56(46,47)48)26(58(52,53)54)25(57(49,50)51)23(21)55(43,44)45/h2-13H,1H2,(H,43,44,45)(H,46,47,48)(H,49,50,51)(H,52,53,54)(H4,35,36,37,38,39,40,41,42). The maximum atomic E-state index is 13.3. The summed E-state index contributed by atoms with van der Waals surface area (Å²) in [6.45, 7) is 3.84. The van der Waals surface area contributed by atoms with E-state index in [-0.39, 0.29) is 28.7 Å². The highest BCUT2D eigenvalue weighted by molar-refractivity contribution is 7.91. The molecule has 1 aliphatic heterocycles. The Morgan fingerprint density at radius 1 is 0.414 bits per heavy atom. The van der Waals surface area contributed by atoms with E-state index in [0.717, 1.165) is 0 Å². The summed E-state index contributed by atoms with van der Waals surface area (Å²) in [6.07, 6.45) is 1.44. The number of fused-ring (bicyclic) bond motifs is 20. The van der Waals surface area contributed by atoms with Gasteiger partial charge in [0.1, 0.15) is 64.8 Å². The van der Waals surface area contributed by atoms with E-state index in [1.54, 1.807) is 66.7 Å². The number of nitrogens with one attached hydrogen (secondary N) is 4. The van der Waals surface area contributed by atoms with E-state index in [4.69, 9.17) is 9.98 Å². The van der Waals surface area contributed by atoms with Gasteiger partial charge in [-0.05, 0) is 5.56 Å². The van der Waals surface area contributed by atoms with E-state index in [1.165, 1.54) is 6.08 Å². The molecule has 0 saturated heterocycles. The van der Waals surface area contributed by atoms with Gasteiger partial charge in [-0.25, -0.2) is 20.0 Å². The molecule has 0 saturated carbocycles. The molecule has 8 aromatic rings. The number of aromatic nitrogens is 4. The molecular formula is C34H22N8O12S4. The van der Waals surface area contributed by atoms with Crippen LogP contribution in [0.15, 0.2) is 113 Å². The Kier molecular flexibility index (Phi) is 7.90. The lowest BCUT2D eigenvalue weighted by Crippen LogP contribution is -2.21. The minimum atomic E-state index is -6.25. The normalized spacial score (nSPS) is 13.7. The highest BCUT2D eigenvalue weighted by Crippen LogP contribution is 2.41. The summed E-state index contributed by atoms with van der Waals surface area (Å²) in [5.41, 5.74) is -0.531. The molecule has 0 aliphatic carbocycles. The average Bonchev–Trinajstić information content (AvgIpc) is 3.88. The van der Waals surface area contributed by atoms with Gasteiger partial charge in [0, 0.05) is 32.3 Å². The maximum absolute atomic E-state index is 13.3. The Bertz CT molecular complexity index is 3940. The summed E-state index contributed by atoms with van der Waals surface area (Å²) in [5.74, 6) is 0.0177. The van der Waals surface area contributed by atoms with Gasteiger partial charge >= 0.3 is 0 Å². The van der Waals surface area contributed by atoms with Crippen molar-refractivity contribution in [3.63, 3.8) is 0 Å². The van der Waals surface area contributed by atoms with Crippen LogP contribution in [0, 0.1) is 0 Å². The van der Waals surface area contributed by atoms with E-state index in [0.29, 0.717) is 43.5 Å². The van der Waals surface area contributed by atoms with Crippen molar-refractivity contribution in [2.75, 3.05) is 0 Å². The Balaban J connectivity index is 1.65. The Hall–Kier alpha value is -6.38. The monoisotopic (exact) mass is 862 g/mol. The molecule has 0 amide bonds. The zero-order valence-corrected chi connectivity index (χ0v) is 31.9. The molecule has 8 N–H and O–H groups in total. The first kappa shape index (κ1) is 37.2. The number of hydrogen-bond donors (Lipinski definition) is 8. The third kappa shape index (κ3) is 5.69. The molecule has 1 aliphatic rings. The van der Waals surface area contributed by atoms with E-state index < -0.39 is 81.8 Å². The summed E-state index contributed by atoms with van der Waals surface area (Å²) in [5, 5.41) is 0.314. The van der Waals surface area contributed by atoms with Crippen LogP contribution in [0.1, 0.15) is 5.56 Å². The molecular weight excluding hydrogens is 841 g/mol. The van der Waals surface area contributed by atoms with Crippen LogP contribution in [0.3, 0.4) is 0 Å². The highest BCUT2D eigenvalue weighted by atomic mass is 32.2. The first-order valence-electron chi connectivity index (χ1n) is 16.3. The van der Waals surface area contributed by atoms with Gasteiger partial charge in [0.25, 0.3) is 40.5 Å². The molecule has 0 radical (unpaired) electrons. The zero-order chi connectivity index (χ0) is 41.3. The smallest absolute Gasteiger partial charge is 0.297 e. The topological polar surface area (TPSA) is 330 Å². The molecule has 9 rings (SSSR count). The SMILES string of the molecule is C=Cc1cccc2c3[nH]c(c12)N=c1[nH]c(c2c(S(=O)(=O)O)c(S(=O)(=O)O)c(S(=O)(=O)O)c(S(=O)(=O)O)c12)=Nc1[nH]c(c2ccccc12)N=c1[nH]c(c2ccccc12)=N3. The van der Waals surface area contributed by atoms with Crippen molar-refractivity contribution in [2.24, 2.45) is 20.0 Å². The lowest BCUT2D eigenvalue weighted by atomic mass is 10.1. The summed E-state index contributed by atoms with van der Waals surface area (Å²) in [6, 6.07) is 18.7. The summed E-state index contributed by atoms with van der Waals surface area (Å²) in [7, 11) is -24.6. The summed E-state index contributed by atoms with van der Waals surface area (Å²) < 4.78 is 147. The van der Waals surface area contributed by atoms with Gasteiger partial charge in [0.15, 0.2) is 0 Å². The fourth-order valence-corrected chi connectivity index (χ4v) is 12.1. The van der Waals surface area contributed by atoms with Crippen LogP contribution in [-0.4, -0.2) is 71.8 Å². The maximum Gasteiger partial charge on any atom is 0.297 e. The first-order valence-corrected chi connectivity index (χ1v) is 22.0. The number of rotatable bonds is 5. The third-order valence-corrected chi connectivity index (χ3v) is 13.4. The molecule has 0 unspecified atom stereocenters. The van der Waals surface area contributed by atoms with Crippen LogP contribution in [-0.2, 0) is 40.5 Å².